The van der Waals surface area contributed by atoms with E-state index in [2.05, 4.69) is 9.91 Å². The molecule has 0 radical (unpaired) electrons. The third-order valence-electron chi connectivity index (χ3n) is 1.05. The van der Waals surface area contributed by atoms with Crippen molar-refractivity contribution >= 4 is 21.7 Å². The third-order valence-corrected chi connectivity index (χ3v) is 6.09. The van der Waals surface area contributed by atoms with Crippen molar-refractivity contribution < 1.29 is 0 Å². The standard InChI is InChI=1S/C4H6.In.H2N/c1-3-4-2;;/h1,3H,2,4H2;;1H2/q;+1;-1. The molecule has 0 amide bonds. The predicted octanol–water partition coefficient (Wildman–Crippen LogP) is 0.436. The molecule has 1 nitrogen and oxygen atoms in total. The molecule has 0 aliphatic carbocycles. The first-order chi connectivity index (χ1) is 2.89. The summed E-state index contributed by atoms with van der Waals surface area (Å²) in [5.74, 6) is 0. The first kappa shape index (κ1) is 4.72. The van der Waals surface area contributed by atoms with Crippen LogP contribution < -0.4 is 3.72 Å². The van der Waals surface area contributed by atoms with Gasteiger partial charge < -0.3 is 0 Å². The Labute approximate surface area is 46.1 Å². The Morgan fingerprint density at radius 3 is 2.67 bits per heavy atom. The van der Waals surface area contributed by atoms with Crippen LogP contribution in [0.1, 0.15) is 6.42 Å². The molecule has 1 rings (SSSR count). The van der Waals surface area contributed by atoms with E-state index >= 15 is 0 Å². The molecule has 2 heteroatoms. The second kappa shape index (κ2) is 2.03. The van der Waals surface area contributed by atoms with Gasteiger partial charge in [0.1, 0.15) is 0 Å². The average molecular weight is 185 g/mol. The van der Waals surface area contributed by atoms with Gasteiger partial charge in [0.05, 0.1) is 0 Å². The van der Waals surface area contributed by atoms with Crippen molar-refractivity contribution in [1.29, 1.82) is 0 Å². The van der Waals surface area contributed by atoms with Crippen LogP contribution in [0.25, 0.3) is 0 Å². The van der Waals surface area contributed by atoms with Gasteiger partial charge in [-0.2, -0.15) is 0 Å². The van der Waals surface area contributed by atoms with Crippen molar-refractivity contribution in [2.75, 3.05) is 0 Å². The van der Waals surface area contributed by atoms with E-state index in [-0.39, 0.29) is 0 Å². The molecule has 1 heterocycles. The molecular weight excluding hydrogens is 177 g/mol. The Balaban J connectivity index is 2.38. The molecule has 0 bridgehead atoms. The summed E-state index contributed by atoms with van der Waals surface area (Å²) in [5, 5.41) is 0. The summed E-state index contributed by atoms with van der Waals surface area (Å²) in [6.45, 7) is 0. The zero-order valence-corrected chi connectivity index (χ0v) is 7.02. The van der Waals surface area contributed by atoms with Gasteiger partial charge in [-0.05, 0) is 0 Å². The van der Waals surface area contributed by atoms with Crippen LogP contribution in [-0.4, -0.2) is 21.7 Å². The SMILES string of the molecule is [NH2][In]1[CH]=CC[CH2]1. The summed E-state index contributed by atoms with van der Waals surface area (Å²) in [6.07, 6.45) is 3.50. The van der Waals surface area contributed by atoms with Crippen molar-refractivity contribution in [2.24, 2.45) is 3.72 Å². The molecule has 0 fully saturated rings. The van der Waals surface area contributed by atoms with Crippen LogP contribution in [0.5, 0.6) is 0 Å². The Bertz CT molecular complexity index is 69.9. The molecule has 0 spiro atoms. The van der Waals surface area contributed by atoms with Gasteiger partial charge in [-0.3, -0.25) is 0 Å². The maximum absolute atomic E-state index is 5.66. The van der Waals surface area contributed by atoms with E-state index in [1.807, 2.05) is 0 Å². The number of allylic oxidation sites excluding steroid dienone is 1. The molecule has 0 aromatic heterocycles. The van der Waals surface area contributed by atoms with Crippen LogP contribution in [0.4, 0.5) is 0 Å². The fourth-order valence-electron chi connectivity index (χ4n) is 0.656. The van der Waals surface area contributed by atoms with Gasteiger partial charge in [0.25, 0.3) is 0 Å². The molecule has 2 N–H and O–H groups in total. The summed E-state index contributed by atoms with van der Waals surface area (Å²) in [7, 11) is 0. The van der Waals surface area contributed by atoms with E-state index < -0.39 is 21.7 Å². The molecule has 0 saturated heterocycles. The maximum atomic E-state index is 5.66. The van der Waals surface area contributed by atoms with Crippen molar-refractivity contribution in [3.8, 4) is 0 Å². The van der Waals surface area contributed by atoms with Crippen LogP contribution in [0.2, 0.25) is 4.18 Å². The quantitative estimate of drug-likeness (QED) is 0.581. The van der Waals surface area contributed by atoms with Crippen LogP contribution in [0, 0.1) is 0 Å². The van der Waals surface area contributed by atoms with Crippen molar-refractivity contribution in [1.82, 2.24) is 0 Å². The normalized spacial score (nSPS) is 19.8. The molecule has 0 saturated carbocycles. The van der Waals surface area contributed by atoms with Crippen LogP contribution in [0.15, 0.2) is 9.91 Å². The summed E-state index contributed by atoms with van der Waals surface area (Å²) in [4.78, 5) is 0. The molecular formula is C4H8InN. The molecule has 0 aromatic carbocycles. The second-order valence-corrected chi connectivity index (χ2v) is 8.21. The van der Waals surface area contributed by atoms with Gasteiger partial charge in [-0.25, -0.2) is 0 Å². The van der Waals surface area contributed by atoms with Gasteiger partial charge in [0.2, 0.25) is 0 Å². The zero-order valence-electron chi connectivity index (χ0n) is 3.72. The molecule has 0 atom stereocenters. The molecule has 6 heavy (non-hydrogen) atoms. The van der Waals surface area contributed by atoms with E-state index in [0.29, 0.717) is 0 Å². The Hall–Kier alpha value is 0.570. The van der Waals surface area contributed by atoms with Crippen molar-refractivity contribution in [3.05, 3.63) is 9.91 Å². The fourth-order valence-corrected chi connectivity index (χ4v) is 4.40. The summed E-state index contributed by atoms with van der Waals surface area (Å²) >= 11 is -1.29. The van der Waals surface area contributed by atoms with Crippen LogP contribution in [0.3, 0.4) is 0 Å². The summed E-state index contributed by atoms with van der Waals surface area (Å²) < 4.78 is 9.29. The van der Waals surface area contributed by atoms with Gasteiger partial charge in [-0.1, -0.05) is 0 Å². The Kier molecular flexibility index (Phi) is 1.60. The number of nitrogens with two attached hydrogens (primary N) is 1. The van der Waals surface area contributed by atoms with E-state index in [0.717, 1.165) is 0 Å². The Morgan fingerprint density at radius 1 is 1.67 bits per heavy atom. The molecule has 32 valence electrons. The molecule has 1 aliphatic rings. The fraction of sp³-hybridized carbons (Fsp3) is 0.500. The number of hydrogen-bond donors (Lipinski definition) is 1. The van der Waals surface area contributed by atoms with E-state index in [1.165, 1.54) is 10.6 Å². The Morgan fingerprint density at radius 2 is 2.50 bits per heavy atom. The topological polar surface area (TPSA) is 26.0 Å². The van der Waals surface area contributed by atoms with E-state index in [9.17, 15) is 0 Å². The summed E-state index contributed by atoms with van der Waals surface area (Å²) in [5.41, 5.74) is 0. The number of hydrogen-bond acceptors (Lipinski definition) is 1. The molecule has 0 aromatic rings. The van der Waals surface area contributed by atoms with E-state index in [1.54, 1.807) is 0 Å². The minimum atomic E-state index is -1.29. The minimum absolute atomic E-state index is 1.28. The third kappa shape index (κ3) is 1.02. The average Bonchev–Trinajstić information content (AvgIpc) is 1.86. The molecule has 1 aliphatic heterocycles. The van der Waals surface area contributed by atoms with Gasteiger partial charge in [0, 0.05) is 0 Å². The summed E-state index contributed by atoms with van der Waals surface area (Å²) in [6, 6.07) is 0. The number of rotatable bonds is 0. The zero-order chi connectivity index (χ0) is 4.41. The van der Waals surface area contributed by atoms with Crippen LogP contribution >= 0.6 is 0 Å². The predicted molar refractivity (Wildman–Crippen MR) is 28.5 cm³/mol. The van der Waals surface area contributed by atoms with Gasteiger partial charge >= 0.3 is 46.0 Å². The van der Waals surface area contributed by atoms with Gasteiger partial charge in [0.15, 0.2) is 0 Å². The second-order valence-electron chi connectivity index (χ2n) is 1.67. The molecule has 0 unspecified atom stereocenters. The first-order valence-corrected chi connectivity index (χ1v) is 8.45. The van der Waals surface area contributed by atoms with Crippen molar-refractivity contribution in [2.45, 2.75) is 10.6 Å². The van der Waals surface area contributed by atoms with Gasteiger partial charge in [-0.15, -0.1) is 0 Å². The first-order valence-electron chi connectivity index (χ1n) is 2.32. The monoisotopic (exact) mass is 185 g/mol. The van der Waals surface area contributed by atoms with E-state index in [4.69, 9.17) is 3.72 Å². The van der Waals surface area contributed by atoms with Crippen molar-refractivity contribution in [3.63, 3.8) is 0 Å². The van der Waals surface area contributed by atoms with Crippen LogP contribution in [-0.2, 0) is 0 Å².